The molecule has 0 saturated heterocycles. The lowest BCUT2D eigenvalue weighted by atomic mass is 9.98. The van der Waals surface area contributed by atoms with Gasteiger partial charge in [0.05, 0.1) is 6.04 Å². The van der Waals surface area contributed by atoms with E-state index in [4.69, 9.17) is 11.6 Å². The third kappa shape index (κ3) is 3.77. The van der Waals surface area contributed by atoms with E-state index < -0.39 is 0 Å². The van der Waals surface area contributed by atoms with Crippen LogP contribution in [0, 0.1) is 0 Å². The van der Waals surface area contributed by atoms with Gasteiger partial charge in [0.2, 0.25) is 0 Å². The highest BCUT2D eigenvalue weighted by molar-refractivity contribution is 7.78. The van der Waals surface area contributed by atoms with Gasteiger partial charge in [-0.1, -0.05) is 85.1 Å². The number of halogens is 1. The lowest BCUT2D eigenvalue weighted by Crippen LogP contribution is -2.17. The third-order valence-corrected chi connectivity index (χ3v) is 5.32. The average Bonchev–Trinajstić information content (AvgIpc) is 3.05. The molecule has 0 bridgehead atoms. The van der Waals surface area contributed by atoms with Gasteiger partial charge in [-0.05, 0) is 35.4 Å². The van der Waals surface area contributed by atoms with E-state index >= 15 is 0 Å². The highest BCUT2D eigenvalue weighted by Gasteiger charge is 2.21. The molecule has 0 unspecified atom stereocenters. The molecule has 4 aromatic rings. The molecule has 1 aromatic heterocycles. The van der Waals surface area contributed by atoms with Crippen molar-refractivity contribution in [3.05, 3.63) is 107 Å². The largest absolute Gasteiger partial charge is 0.333 e. The van der Waals surface area contributed by atoms with Crippen LogP contribution in [-0.2, 0) is 6.42 Å². The first kappa shape index (κ1) is 18.2. The van der Waals surface area contributed by atoms with Crippen molar-refractivity contribution in [2.24, 2.45) is 0 Å². The second kappa shape index (κ2) is 8.22. The fourth-order valence-corrected chi connectivity index (χ4v) is 4.00. The van der Waals surface area contributed by atoms with Crippen molar-refractivity contribution in [3.63, 3.8) is 0 Å². The Hall–Kier alpha value is -2.20. The summed E-state index contributed by atoms with van der Waals surface area (Å²) in [7, 11) is 0. The van der Waals surface area contributed by atoms with Crippen molar-refractivity contribution in [3.8, 4) is 0 Å². The number of nitrogens with zero attached hydrogens (tertiary/aromatic N) is 1. The van der Waals surface area contributed by atoms with E-state index in [0.717, 1.165) is 23.4 Å². The van der Waals surface area contributed by atoms with E-state index in [9.17, 15) is 0 Å². The number of rotatable bonds is 6. The minimum absolute atomic E-state index is 0.0981. The molecule has 136 valence electrons. The van der Waals surface area contributed by atoms with E-state index in [0.29, 0.717) is 0 Å². The maximum Gasteiger partial charge on any atom is 0.0841 e. The van der Waals surface area contributed by atoms with Crippen molar-refractivity contribution in [1.82, 2.24) is 9.29 Å². The van der Waals surface area contributed by atoms with Crippen LogP contribution in [0.2, 0.25) is 5.02 Å². The van der Waals surface area contributed by atoms with Crippen LogP contribution in [0.3, 0.4) is 0 Å². The van der Waals surface area contributed by atoms with Gasteiger partial charge in [0.15, 0.2) is 0 Å². The number of nitrogens with one attached hydrogen (secondary N) is 1. The van der Waals surface area contributed by atoms with Gasteiger partial charge in [0, 0.05) is 34.6 Å². The molecule has 1 N–H and O–H groups in total. The van der Waals surface area contributed by atoms with Crippen LogP contribution in [0.1, 0.15) is 22.9 Å². The zero-order valence-corrected chi connectivity index (χ0v) is 16.5. The molecule has 0 radical (unpaired) electrons. The van der Waals surface area contributed by atoms with Crippen LogP contribution in [0.5, 0.6) is 0 Å². The van der Waals surface area contributed by atoms with Gasteiger partial charge in [0.25, 0.3) is 0 Å². The molecule has 2 nitrogen and oxygen atoms in total. The van der Waals surface area contributed by atoms with Gasteiger partial charge in [-0.2, -0.15) is 0 Å². The van der Waals surface area contributed by atoms with Crippen molar-refractivity contribution >= 4 is 35.3 Å². The molecule has 3 aromatic carbocycles. The Morgan fingerprint density at radius 1 is 0.852 bits per heavy atom. The summed E-state index contributed by atoms with van der Waals surface area (Å²) in [6, 6.07) is 29.8. The third-order valence-electron chi connectivity index (χ3n) is 4.86. The van der Waals surface area contributed by atoms with E-state index in [1.807, 2.05) is 12.1 Å². The second-order valence-corrected chi connectivity index (χ2v) is 7.34. The van der Waals surface area contributed by atoms with Crippen LogP contribution < -0.4 is 4.72 Å². The smallest absolute Gasteiger partial charge is 0.0841 e. The summed E-state index contributed by atoms with van der Waals surface area (Å²) in [5.41, 5.74) is 4.96. The lowest BCUT2D eigenvalue weighted by Gasteiger charge is -2.24. The molecule has 0 aliphatic heterocycles. The average molecular weight is 393 g/mol. The highest BCUT2D eigenvalue weighted by Crippen LogP contribution is 2.34. The number of benzene rings is 3. The molecule has 1 heterocycles. The molecular weight excluding hydrogens is 372 g/mol. The minimum atomic E-state index is 0.0981. The summed E-state index contributed by atoms with van der Waals surface area (Å²) in [5, 5.41) is 1.92. The zero-order valence-electron chi connectivity index (χ0n) is 14.8. The van der Waals surface area contributed by atoms with Gasteiger partial charge < -0.3 is 4.57 Å². The van der Waals surface area contributed by atoms with Crippen molar-refractivity contribution in [2.75, 3.05) is 6.54 Å². The summed E-state index contributed by atoms with van der Waals surface area (Å²) in [6.07, 6.45) is 0.881. The number of hydrogen-bond acceptors (Lipinski definition) is 2. The maximum atomic E-state index is 6.26. The van der Waals surface area contributed by atoms with E-state index in [-0.39, 0.29) is 6.04 Å². The van der Waals surface area contributed by atoms with E-state index in [1.165, 1.54) is 22.3 Å². The predicted molar refractivity (Wildman–Crippen MR) is 118 cm³/mol. The molecule has 0 amide bonds. The molecule has 0 aliphatic rings. The lowest BCUT2D eigenvalue weighted by molar-refractivity contribution is 0.660. The standard InChI is InChI=1S/C23H21ClN2S/c24-20-11-12-22-19(15-20)16-21(13-14-25-27)26(22)23(17-7-3-1-4-8-17)18-9-5-2-6-10-18/h1-12,15-16,23,25,27H,13-14H2. The second-order valence-electron chi connectivity index (χ2n) is 6.59. The Balaban J connectivity index is 1.97. The predicted octanol–water partition coefficient (Wildman–Crippen LogP) is 5.91. The molecule has 0 saturated carbocycles. The molecular formula is C23H21ClN2S. The van der Waals surface area contributed by atoms with Crippen molar-refractivity contribution in [1.29, 1.82) is 0 Å². The van der Waals surface area contributed by atoms with Gasteiger partial charge >= 0.3 is 0 Å². The molecule has 0 spiro atoms. The van der Waals surface area contributed by atoms with Crippen LogP contribution >= 0.6 is 24.4 Å². The number of aromatic nitrogens is 1. The quantitative estimate of drug-likeness (QED) is 0.390. The molecule has 0 aliphatic carbocycles. The van der Waals surface area contributed by atoms with Gasteiger partial charge in [-0.25, -0.2) is 0 Å². The molecule has 0 atom stereocenters. The first-order chi connectivity index (χ1) is 13.3. The number of hydrogen-bond donors (Lipinski definition) is 2. The van der Waals surface area contributed by atoms with Gasteiger partial charge in [-0.15, -0.1) is 0 Å². The van der Waals surface area contributed by atoms with Crippen LogP contribution in [0.4, 0.5) is 0 Å². The zero-order chi connectivity index (χ0) is 18.6. The van der Waals surface area contributed by atoms with Crippen molar-refractivity contribution in [2.45, 2.75) is 12.5 Å². The molecule has 27 heavy (non-hydrogen) atoms. The Morgan fingerprint density at radius 2 is 1.48 bits per heavy atom. The number of fused-ring (bicyclic) bond motifs is 1. The summed E-state index contributed by atoms with van der Waals surface area (Å²) in [6.45, 7) is 0.795. The van der Waals surface area contributed by atoms with Crippen molar-refractivity contribution < 1.29 is 0 Å². The van der Waals surface area contributed by atoms with Crippen LogP contribution in [0.25, 0.3) is 10.9 Å². The SMILES string of the molecule is SNCCc1cc2cc(Cl)ccc2n1C(c1ccccc1)c1ccccc1. The molecule has 4 rings (SSSR count). The maximum absolute atomic E-state index is 6.26. The number of thiol groups is 1. The Morgan fingerprint density at radius 3 is 2.07 bits per heavy atom. The Bertz CT molecular complexity index is 989. The summed E-state index contributed by atoms with van der Waals surface area (Å²) < 4.78 is 5.40. The summed E-state index contributed by atoms with van der Waals surface area (Å²) >= 11 is 10.4. The van der Waals surface area contributed by atoms with Gasteiger partial charge in [0.1, 0.15) is 0 Å². The molecule has 4 heteroatoms. The topological polar surface area (TPSA) is 17.0 Å². The Kier molecular flexibility index (Phi) is 5.53. The summed E-state index contributed by atoms with van der Waals surface area (Å²) in [5.74, 6) is 0. The fraction of sp³-hybridized carbons (Fsp3) is 0.130. The molecule has 0 fully saturated rings. The first-order valence-electron chi connectivity index (χ1n) is 9.04. The minimum Gasteiger partial charge on any atom is -0.333 e. The van der Waals surface area contributed by atoms with E-state index in [1.54, 1.807) is 0 Å². The normalized spacial score (nSPS) is 11.4. The highest BCUT2D eigenvalue weighted by atomic mass is 35.5. The van der Waals surface area contributed by atoms with Gasteiger partial charge in [-0.3, -0.25) is 4.72 Å². The van der Waals surface area contributed by atoms with E-state index in [2.05, 4.69) is 94.9 Å². The summed E-state index contributed by atoms with van der Waals surface area (Å²) in [4.78, 5) is 0. The first-order valence-corrected chi connectivity index (χ1v) is 9.86. The monoisotopic (exact) mass is 392 g/mol. The van der Waals surface area contributed by atoms with Crippen LogP contribution in [-0.4, -0.2) is 11.1 Å². The Labute approximate surface area is 170 Å². The van der Waals surface area contributed by atoms with Crippen LogP contribution in [0.15, 0.2) is 84.9 Å². The fourth-order valence-electron chi connectivity index (χ4n) is 3.71.